The van der Waals surface area contributed by atoms with Crippen LogP contribution < -0.4 is 5.32 Å². The fourth-order valence-corrected chi connectivity index (χ4v) is 3.74. The second-order valence-corrected chi connectivity index (χ2v) is 6.16. The minimum absolute atomic E-state index is 0.121. The first-order chi connectivity index (χ1) is 10.2. The SMILES string of the molecule is Cc1ccccc1C1C(=O)NC(=O)CC1C1CC=CCC1. The average molecular weight is 283 g/mol. The highest BCUT2D eigenvalue weighted by molar-refractivity contribution is 6.01. The molecular formula is C18H21NO2. The summed E-state index contributed by atoms with van der Waals surface area (Å²) in [6.07, 6.45) is 7.96. The maximum Gasteiger partial charge on any atom is 0.234 e. The monoisotopic (exact) mass is 283 g/mol. The van der Waals surface area contributed by atoms with Crippen LogP contribution in [0.4, 0.5) is 0 Å². The largest absolute Gasteiger partial charge is 0.296 e. The summed E-state index contributed by atoms with van der Waals surface area (Å²) in [5.41, 5.74) is 2.20. The Morgan fingerprint density at radius 3 is 2.67 bits per heavy atom. The Labute approximate surface area is 125 Å². The number of imide groups is 1. The van der Waals surface area contributed by atoms with Crippen LogP contribution in [0.3, 0.4) is 0 Å². The molecular weight excluding hydrogens is 262 g/mol. The average Bonchev–Trinajstić information content (AvgIpc) is 2.49. The third-order valence-electron chi connectivity index (χ3n) is 4.83. The van der Waals surface area contributed by atoms with E-state index in [1.54, 1.807) is 0 Å². The van der Waals surface area contributed by atoms with E-state index in [0.717, 1.165) is 30.4 Å². The number of carbonyl (C=O) groups excluding carboxylic acids is 2. The quantitative estimate of drug-likeness (QED) is 0.669. The van der Waals surface area contributed by atoms with Crippen molar-refractivity contribution in [2.24, 2.45) is 11.8 Å². The Balaban J connectivity index is 1.97. The second kappa shape index (κ2) is 5.84. The van der Waals surface area contributed by atoms with Crippen molar-refractivity contribution >= 4 is 11.8 Å². The van der Waals surface area contributed by atoms with E-state index in [1.807, 2.05) is 31.2 Å². The van der Waals surface area contributed by atoms with Gasteiger partial charge in [0.1, 0.15) is 0 Å². The molecule has 0 bridgehead atoms. The number of benzene rings is 1. The van der Waals surface area contributed by atoms with Gasteiger partial charge in [-0.1, -0.05) is 36.4 Å². The molecule has 3 rings (SSSR count). The van der Waals surface area contributed by atoms with E-state index in [4.69, 9.17) is 0 Å². The van der Waals surface area contributed by atoms with E-state index < -0.39 is 0 Å². The van der Waals surface area contributed by atoms with Crippen molar-refractivity contribution in [3.8, 4) is 0 Å². The normalized spacial score (nSPS) is 29.3. The van der Waals surface area contributed by atoms with Gasteiger partial charge in [-0.3, -0.25) is 14.9 Å². The fourth-order valence-electron chi connectivity index (χ4n) is 3.74. The van der Waals surface area contributed by atoms with Gasteiger partial charge in [0.25, 0.3) is 0 Å². The number of hydrogen-bond donors (Lipinski definition) is 1. The number of hydrogen-bond acceptors (Lipinski definition) is 2. The molecule has 2 aliphatic rings. The Hall–Kier alpha value is -1.90. The summed E-state index contributed by atoms with van der Waals surface area (Å²) in [4.78, 5) is 24.3. The summed E-state index contributed by atoms with van der Waals surface area (Å²) in [5.74, 6) is 0.108. The molecule has 1 aliphatic carbocycles. The molecule has 1 aromatic carbocycles. The molecule has 0 radical (unpaired) electrons. The number of rotatable bonds is 2. The molecule has 1 fully saturated rings. The van der Waals surface area contributed by atoms with E-state index in [1.165, 1.54) is 0 Å². The molecule has 3 nitrogen and oxygen atoms in total. The van der Waals surface area contributed by atoms with Crippen LogP contribution in [-0.2, 0) is 9.59 Å². The van der Waals surface area contributed by atoms with Crippen LogP contribution >= 0.6 is 0 Å². The molecule has 2 amide bonds. The van der Waals surface area contributed by atoms with Gasteiger partial charge in [0, 0.05) is 6.42 Å². The lowest BCUT2D eigenvalue weighted by Crippen LogP contribution is -2.47. The van der Waals surface area contributed by atoms with Crippen LogP contribution in [0.15, 0.2) is 36.4 Å². The first-order valence-electron chi connectivity index (χ1n) is 7.71. The van der Waals surface area contributed by atoms with E-state index in [9.17, 15) is 9.59 Å². The van der Waals surface area contributed by atoms with Crippen LogP contribution in [0.25, 0.3) is 0 Å². The van der Waals surface area contributed by atoms with Crippen LogP contribution in [0.1, 0.15) is 42.7 Å². The molecule has 3 heteroatoms. The van der Waals surface area contributed by atoms with Crippen molar-refractivity contribution < 1.29 is 9.59 Å². The highest BCUT2D eigenvalue weighted by atomic mass is 16.2. The van der Waals surface area contributed by atoms with Gasteiger partial charge in [0.05, 0.1) is 5.92 Å². The zero-order chi connectivity index (χ0) is 14.8. The van der Waals surface area contributed by atoms with Gasteiger partial charge < -0.3 is 0 Å². The molecule has 1 N–H and O–H groups in total. The predicted octanol–water partition coefficient (Wildman–Crippen LogP) is 3.10. The first kappa shape index (κ1) is 14.1. The van der Waals surface area contributed by atoms with Crippen molar-refractivity contribution in [3.05, 3.63) is 47.5 Å². The van der Waals surface area contributed by atoms with Crippen LogP contribution in [0.5, 0.6) is 0 Å². The van der Waals surface area contributed by atoms with Gasteiger partial charge in [0.15, 0.2) is 0 Å². The number of carbonyl (C=O) groups is 2. The van der Waals surface area contributed by atoms with Crippen molar-refractivity contribution in [1.82, 2.24) is 5.32 Å². The smallest absolute Gasteiger partial charge is 0.234 e. The zero-order valence-corrected chi connectivity index (χ0v) is 12.3. The summed E-state index contributed by atoms with van der Waals surface area (Å²) in [6, 6.07) is 8.03. The second-order valence-electron chi connectivity index (χ2n) is 6.16. The lowest BCUT2D eigenvalue weighted by atomic mass is 9.69. The van der Waals surface area contributed by atoms with Crippen LogP contribution in [0, 0.1) is 18.8 Å². The van der Waals surface area contributed by atoms with E-state index in [2.05, 4.69) is 17.5 Å². The standard InChI is InChI=1S/C18H21NO2/c1-12-7-5-6-10-14(12)17-15(11-16(20)19-18(17)21)13-8-3-2-4-9-13/h2-3,5-7,10,13,15,17H,4,8-9,11H2,1H3,(H,19,20,21). The fraction of sp³-hybridized carbons (Fsp3) is 0.444. The molecule has 1 saturated heterocycles. The number of aryl methyl sites for hydroxylation is 1. The lowest BCUT2D eigenvalue weighted by molar-refractivity contribution is -0.137. The molecule has 0 spiro atoms. The van der Waals surface area contributed by atoms with E-state index in [-0.39, 0.29) is 23.7 Å². The van der Waals surface area contributed by atoms with Crippen molar-refractivity contribution in [3.63, 3.8) is 0 Å². The third-order valence-corrected chi connectivity index (χ3v) is 4.83. The van der Waals surface area contributed by atoms with Gasteiger partial charge in [-0.2, -0.15) is 0 Å². The van der Waals surface area contributed by atoms with E-state index in [0.29, 0.717) is 12.3 Å². The predicted molar refractivity (Wildman–Crippen MR) is 81.7 cm³/mol. The molecule has 21 heavy (non-hydrogen) atoms. The topological polar surface area (TPSA) is 46.2 Å². The first-order valence-corrected chi connectivity index (χ1v) is 7.71. The molecule has 3 atom stereocenters. The molecule has 0 aromatic heterocycles. The number of piperidine rings is 1. The maximum atomic E-state index is 12.5. The molecule has 1 aliphatic heterocycles. The van der Waals surface area contributed by atoms with Crippen LogP contribution in [0.2, 0.25) is 0 Å². The van der Waals surface area contributed by atoms with Crippen molar-refractivity contribution in [1.29, 1.82) is 0 Å². The van der Waals surface area contributed by atoms with Gasteiger partial charge >= 0.3 is 0 Å². The highest BCUT2D eigenvalue weighted by Crippen LogP contribution is 2.41. The summed E-state index contributed by atoms with van der Waals surface area (Å²) in [7, 11) is 0. The number of allylic oxidation sites excluding steroid dienone is 2. The molecule has 3 unspecified atom stereocenters. The highest BCUT2D eigenvalue weighted by Gasteiger charge is 2.41. The summed E-state index contributed by atoms with van der Waals surface area (Å²) >= 11 is 0. The zero-order valence-electron chi connectivity index (χ0n) is 12.3. The number of amides is 2. The van der Waals surface area contributed by atoms with Gasteiger partial charge in [-0.25, -0.2) is 0 Å². The van der Waals surface area contributed by atoms with Crippen LogP contribution in [-0.4, -0.2) is 11.8 Å². The molecule has 1 aromatic rings. The third kappa shape index (κ3) is 2.78. The Kier molecular flexibility index (Phi) is 3.91. The molecule has 110 valence electrons. The Morgan fingerprint density at radius 2 is 1.95 bits per heavy atom. The van der Waals surface area contributed by atoms with Crippen molar-refractivity contribution in [2.45, 2.75) is 38.5 Å². The van der Waals surface area contributed by atoms with Crippen molar-refractivity contribution in [2.75, 3.05) is 0 Å². The summed E-state index contributed by atoms with van der Waals surface area (Å²) < 4.78 is 0. The number of nitrogens with one attached hydrogen (secondary N) is 1. The summed E-state index contributed by atoms with van der Waals surface area (Å²) in [5, 5.41) is 2.53. The minimum Gasteiger partial charge on any atom is -0.296 e. The van der Waals surface area contributed by atoms with E-state index >= 15 is 0 Å². The summed E-state index contributed by atoms with van der Waals surface area (Å²) in [6.45, 7) is 2.04. The Bertz CT molecular complexity index is 591. The minimum atomic E-state index is -0.194. The van der Waals surface area contributed by atoms with Gasteiger partial charge in [0.2, 0.25) is 11.8 Å². The maximum absolute atomic E-state index is 12.5. The molecule has 0 saturated carbocycles. The van der Waals surface area contributed by atoms with Gasteiger partial charge in [-0.05, 0) is 49.1 Å². The van der Waals surface area contributed by atoms with Gasteiger partial charge in [-0.15, -0.1) is 0 Å². The lowest BCUT2D eigenvalue weighted by Gasteiger charge is -2.37. The Morgan fingerprint density at radius 1 is 1.14 bits per heavy atom. The molecule has 1 heterocycles.